The second-order valence-electron chi connectivity index (χ2n) is 6.01. The van der Waals surface area contributed by atoms with Gasteiger partial charge in [0.15, 0.2) is 0 Å². The molecule has 4 nitrogen and oxygen atoms in total. The van der Waals surface area contributed by atoms with E-state index >= 15 is 0 Å². The van der Waals surface area contributed by atoms with Crippen LogP contribution in [-0.2, 0) is 4.79 Å². The van der Waals surface area contributed by atoms with Gasteiger partial charge < -0.3 is 11.1 Å². The fourth-order valence-corrected chi connectivity index (χ4v) is 2.16. The molecule has 1 rings (SSSR count). The highest BCUT2D eigenvalue weighted by Crippen LogP contribution is 2.17. The van der Waals surface area contributed by atoms with Crippen molar-refractivity contribution in [2.75, 3.05) is 24.6 Å². The van der Waals surface area contributed by atoms with Gasteiger partial charge in [-0.1, -0.05) is 19.9 Å². The molecule has 0 aliphatic heterocycles. The molecule has 1 unspecified atom stereocenters. The van der Waals surface area contributed by atoms with Gasteiger partial charge in [0.05, 0.1) is 6.54 Å². The summed E-state index contributed by atoms with van der Waals surface area (Å²) in [6, 6.07) is 5.98. The summed E-state index contributed by atoms with van der Waals surface area (Å²) in [5.41, 5.74) is 8.31. The van der Waals surface area contributed by atoms with Crippen LogP contribution in [0.5, 0.6) is 0 Å². The summed E-state index contributed by atoms with van der Waals surface area (Å²) in [5.74, 6) is 0.624. The van der Waals surface area contributed by atoms with Gasteiger partial charge in [0.25, 0.3) is 0 Å². The molecule has 20 heavy (non-hydrogen) atoms. The zero-order chi connectivity index (χ0) is 15.3. The standard InChI is InChI=1S/C16H27N3O/c1-11(2)8-13(4)19(5)10-16(20)18-14-7-6-12(3)15(17)9-14/h6-7,9,11,13H,8,10,17H2,1-5H3,(H,18,20). The third kappa shape index (κ3) is 5.21. The Morgan fingerprint density at radius 1 is 1.35 bits per heavy atom. The minimum absolute atomic E-state index is 0.00800. The average molecular weight is 277 g/mol. The van der Waals surface area contributed by atoms with E-state index in [-0.39, 0.29) is 5.91 Å². The van der Waals surface area contributed by atoms with Gasteiger partial charge in [-0.2, -0.15) is 0 Å². The van der Waals surface area contributed by atoms with Gasteiger partial charge in [-0.05, 0) is 50.9 Å². The zero-order valence-corrected chi connectivity index (χ0v) is 13.2. The van der Waals surface area contributed by atoms with Crippen molar-refractivity contribution in [1.29, 1.82) is 0 Å². The fourth-order valence-electron chi connectivity index (χ4n) is 2.16. The summed E-state index contributed by atoms with van der Waals surface area (Å²) >= 11 is 0. The van der Waals surface area contributed by atoms with Gasteiger partial charge in [-0.15, -0.1) is 0 Å². The number of likely N-dealkylation sites (N-methyl/N-ethyl adjacent to an activating group) is 1. The minimum Gasteiger partial charge on any atom is -0.398 e. The van der Waals surface area contributed by atoms with Gasteiger partial charge in [0.1, 0.15) is 0 Å². The first kappa shape index (κ1) is 16.5. The summed E-state index contributed by atoms with van der Waals surface area (Å²) in [5, 5.41) is 2.89. The van der Waals surface area contributed by atoms with Gasteiger partial charge >= 0.3 is 0 Å². The highest BCUT2D eigenvalue weighted by atomic mass is 16.2. The molecule has 0 aliphatic carbocycles. The molecule has 0 heterocycles. The van der Waals surface area contributed by atoms with Crippen LogP contribution in [0.2, 0.25) is 0 Å². The first-order valence-electron chi connectivity index (χ1n) is 7.15. The largest absolute Gasteiger partial charge is 0.398 e. The first-order valence-corrected chi connectivity index (χ1v) is 7.15. The summed E-state index contributed by atoms with van der Waals surface area (Å²) in [7, 11) is 1.98. The second kappa shape index (κ2) is 7.29. The number of nitrogen functional groups attached to an aromatic ring is 1. The number of carbonyl (C=O) groups is 1. The number of amides is 1. The van der Waals surface area contributed by atoms with E-state index in [0.717, 1.165) is 17.7 Å². The van der Waals surface area contributed by atoms with Crippen LogP contribution < -0.4 is 11.1 Å². The van der Waals surface area contributed by atoms with E-state index in [4.69, 9.17) is 5.73 Å². The van der Waals surface area contributed by atoms with Crippen molar-refractivity contribution in [2.45, 2.75) is 40.2 Å². The summed E-state index contributed by atoms with van der Waals surface area (Å²) < 4.78 is 0. The van der Waals surface area contributed by atoms with Crippen LogP contribution in [0.15, 0.2) is 18.2 Å². The van der Waals surface area contributed by atoms with Crippen molar-refractivity contribution in [3.8, 4) is 0 Å². The second-order valence-corrected chi connectivity index (χ2v) is 6.01. The average Bonchev–Trinajstić information content (AvgIpc) is 2.32. The molecule has 0 aromatic heterocycles. The number of nitrogens with zero attached hydrogens (tertiary/aromatic N) is 1. The molecular formula is C16H27N3O. The monoisotopic (exact) mass is 277 g/mol. The number of hydrogen-bond donors (Lipinski definition) is 2. The molecule has 0 bridgehead atoms. The zero-order valence-electron chi connectivity index (χ0n) is 13.2. The van der Waals surface area contributed by atoms with Crippen LogP contribution >= 0.6 is 0 Å². The van der Waals surface area contributed by atoms with Gasteiger partial charge in [0, 0.05) is 17.4 Å². The lowest BCUT2D eigenvalue weighted by Gasteiger charge is -2.25. The van der Waals surface area contributed by atoms with E-state index in [2.05, 4.69) is 31.0 Å². The lowest BCUT2D eigenvalue weighted by molar-refractivity contribution is -0.117. The Bertz CT molecular complexity index is 457. The van der Waals surface area contributed by atoms with Crippen molar-refractivity contribution in [3.05, 3.63) is 23.8 Å². The van der Waals surface area contributed by atoms with Crippen LogP contribution in [0.25, 0.3) is 0 Å². The molecular weight excluding hydrogens is 250 g/mol. The molecule has 4 heteroatoms. The van der Waals surface area contributed by atoms with E-state index in [1.807, 2.05) is 26.1 Å². The normalized spacial score (nSPS) is 12.8. The maximum Gasteiger partial charge on any atom is 0.238 e. The van der Waals surface area contributed by atoms with Crippen LogP contribution in [0, 0.1) is 12.8 Å². The molecule has 3 N–H and O–H groups in total. The van der Waals surface area contributed by atoms with Gasteiger partial charge in [-0.3, -0.25) is 9.69 Å². The molecule has 112 valence electrons. The molecule has 0 spiro atoms. The van der Waals surface area contributed by atoms with Crippen LogP contribution in [0.4, 0.5) is 11.4 Å². The van der Waals surface area contributed by atoms with Crippen LogP contribution in [-0.4, -0.2) is 30.4 Å². The van der Waals surface area contributed by atoms with Crippen molar-refractivity contribution >= 4 is 17.3 Å². The molecule has 0 aliphatic rings. The summed E-state index contributed by atoms with van der Waals surface area (Å²) in [6.45, 7) is 8.88. The maximum atomic E-state index is 12.0. The number of rotatable bonds is 6. The molecule has 1 aromatic rings. The SMILES string of the molecule is Cc1ccc(NC(=O)CN(C)C(C)CC(C)C)cc1N. The lowest BCUT2D eigenvalue weighted by Crippen LogP contribution is -2.37. The predicted molar refractivity (Wildman–Crippen MR) is 85.8 cm³/mol. The lowest BCUT2D eigenvalue weighted by atomic mass is 10.0. The number of anilines is 2. The minimum atomic E-state index is -0.00800. The number of carbonyl (C=O) groups excluding carboxylic acids is 1. The number of nitrogens with two attached hydrogens (primary N) is 1. The van der Waals surface area contributed by atoms with E-state index < -0.39 is 0 Å². The van der Waals surface area contributed by atoms with Crippen molar-refractivity contribution < 1.29 is 4.79 Å². The first-order chi connectivity index (χ1) is 9.29. The fraction of sp³-hybridized carbons (Fsp3) is 0.562. The highest BCUT2D eigenvalue weighted by Gasteiger charge is 2.14. The topological polar surface area (TPSA) is 58.4 Å². The Labute approximate surface area is 122 Å². The highest BCUT2D eigenvalue weighted by molar-refractivity contribution is 5.92. The van der Waals surface area contributed by atoms with Crippen molar-refractivity contribution in [3.63, 3.8) is 0 Å². The number of aryl methyl sites for hydroxylation is 1. The Morgan fingerprint density at radius 3 is 2.55 bits per heavy atom. The summed E-state index contributed by atoms with van der Waals surface area (Å²) in [4.78, 5) is 14.1. The Balaban J connectivity index is 2.52. The Kier molecular flexibility index (Phi) is 6.02. The third-order valence-corrected chi connectivity index (χ3v) is 3.52. The number of hydrogen-bond acceptors (Lipinski definition) is 3. The molecule has 1 atom stereocenters. The molecule has 1 aromatic carbocycles. The maximum absolute atomic E-state index is 12.0. The van der Waals surface area contributed by atoms with Crippen molar-refractivity contribution in [1.82, 2.24) is 4.90 Å². The molecule has 0 saturated carbocycles. The molecule has 0 fully saturated rings. The smallest absolute Gasteiger partial charge is 0.238 e. The number of benzene rings is 1. The van der Waals surface area contributed by atoms with E-state index in [0.29, 0.717) is 24.2 Å². The van der Waals surface area contributed by atoms with Crippen LogP contribution in [0.1, 0.15) is 32.8 Å². The Morgan fingerprint density at radius 2 is 2.00 bits per heavy atom. The van der Waals surface area contributed by atoms with Gasteiger partial charge in [-0.25, -0.2) is 0 Å². The predicted octanol–water partition coefficient (Wildman–Crippen LogP) is 2.88. The molecule has 0 radical (unpaired) electrons. The summed E-state index contributed by atoms with van der Waals surface area (Å²) in [6.07, 6.45) is 1.08. The van der Waals surface area contributed by atoms with Crippen molar-refractivity contribution in [2.24, 2.45) is 5.92 Å². The quantitative estimate of drug-likeness (QED) is 0.786. The van der Waals surface area contributed by atoms with Gasteiger partial charge in [0.2, 0.25) is 5.91 Å². The Hall–Kier alpha value is -1.55. The molecule has 0 saturated heterocycles. The van der Waals surface area contributed by atoms with E-state index in [1.54, 1.807) is 6.07 Å². The van der Waals surface area contributed by atoms with E-state index in [1.165, 1.54) is 0 Å². The third-order valence-electron chi connectivity index (χ3n) is 3.52. The molecule has 1 amide bonds. The van der Waals surface area contributed by atoms with Crippen LogP contribution in [0.3, 0.4) is 0 Å². The number of nitrogens with one attached hydrogen (secondary N) is 1. The van der Waals surface area contributed by atoms with E-state index in [9.17, 15) is 4.79 Å².